The molecule has 1 N–H and O–H groups in total. The van der Waals surface area contributed by atoms with Gasteiger partial charge in [0.1, 0.15) is 29.5 Å². The van der Waals surface area contributed by atoms with E-state index in [1.165, 1.54) is 23.1 Å². The minimum absolute atomic E-state index is 0.101. The number of nitrogens with zero attached hydrogens (tertiary/aromatic N) is 5. The molecule has 13 heteroatoms. The molecular formula is C27H27ClF3N5O4. The second-order valence-electron chi connectivity index (χ2n) is 9.39. The molecule has 0 bridgehead atoms. The van der Waals surface area contributed by atoms with Crippen LogP contribution in [0.25, 0.3) is 22.0 Å². The van der Waals surface area contributed by atoms with Gasteiger partial charge in [0.15, 0.2) is 11.6 Å². The number of morpholine rings is 1. The van der Waals surface area contributed by atoms with Gasteiger partial charge in [-0.25, -0.2) is 13.2 Å². The number of anilines is 1. The number of halogens is 4. The first-order valence-corrected chi connectivity index (χ1v) is 13.1. The summed E-state index contributed by atoms with van der Waals surface area (Å²) in [5.74, 6) is -3.83. The number of aromatic hydroxyl groups is 1. The Balaban J connectivity index is 1.53. The number of aromatic nitrogens is 2. The summed E-state index contributed by atoms with van der Waals surface area (Å²) in [6.07, 6.45) is 0. The summed E-state index contributed by atoms with van der Waals surface area (Å²) < 4.78 is 55.4. The molecule has 2 fully saturated rings. The van der Waals surface area contributed by atoms with E-state index in [1.807, 2.05) is 0 Å². The van der Waals surface area contributed by atoms with Gasteiger partial charge in [0.25, 0.3) is 5.91 Å². The van der Waals surface area contributed by atoms with Crippen LogP contribution >= 0.6 is 11.6 Å². The number of piperazine rings is 1. The standard InChI is InChI=1S/C27H27ClF3N5O4/c1-16(29)26(38)36-7-5-35(6-8-36)25-17-15-18(28)21(22-19(30)3-2-4-20(22)37)23(31)24(17)32-27(33-25)40-14-11-34-9-12-39-13-10-34/h2-4,15,37H,1,5-14H2. The first-order chi connectivity index (χ1) is 19.2. The van der Waals surface area contributed by atoms with Crippen molar-refractivity contribution in [2.45, 2.75) is 0 Å². The SMILES string of the molecule is C=C(F)C(=O)N1CCN(c2nc(OCCN3CCOCC3)nc3c(F)c(-c4c(O)cccc4F)c(Cl)cc23)CC1. The van der Waals surface area contributed by atoms with Crippen LogP contribution in [0.1, 0.15) is 0 Å². The molecule has 0 aliphatic carbocycles. The Labute approximate surface area is 233 Å². The molecule has 0 atom stereocenters. The van der Waals surface area contributed by atoms with Crippen molar-refractivity contribution in [3.63, 3.8) is 0 Å². The maximum atomic E-state index is 16.1. The fraction of sp³-hybridized carbons (Fsp3) is 0.370. The molecule has 0 saturated carbocycles. The van der Waals surface area contributed by atoms with Gasteiger partial charge in [0.2, 0.25) is 0 Å². The number of rotatable bonds is 7. The quantitative estimate of drug-likeness (QED) is 0.425. The number of carbonyl (C=O) groups excluding carboxylic acids is 1. The Morgan fingerprint density at radius 3 is 2.50 bits per heavy atom. The highest BCUT2D eigenvalue weighted by Gasteiger charge is 2.28. The van der Waals surface area contributed by atoms with Crippen LogP contribution in [-0.2, 0) is 9.53 Å². The van der Waals surface area contributed by atoms with Gasteiger partial charge in [-0.3, -0.25) is 9.69 Å². The molecule has 0 unspecified atom stereocenters. The molecule has 3 aromatic rings. The average molecular weight is 578 g/mol. The van der Waals surface area contributed by atoms with Gasteiger partial charge in [-0.2, -0.15) is 9.97 Å². The van der Waals surface area contributed by atoms with E-state index in [0.29, 0.717) is 25.6 Å². The first-order valence-electron chi connectivity index (χ1n) is 12.7. The number of phenolic OH excluding ortho intramolecular Hbond substituents is 1. The van der Waals surface area contributed by atoms with Gasteiger partial charge < -0.3 is 24.4 Å². The van der Waals surface area contributed by atoms with Crippen molar-refractivity contribution < 1.29 is 32.5 Å². The fourth-order valence-electron chi connectivity index (χ4n) is 4.84. The lowest BCUT2D eigenvalue weighted by Gasteiger charge is -2.35. The topological polar surface area (TPSA) is 91.3 Å². The molecule has 2 aliphatic rings. The lowest BCUT2D eigenvalue weighted by atomic mass is 10.0. The van der Waals surface area contributed by atoms with E-state index in [-0.39, 0.29) is 65.8 Å². The van der Waals surface area contributed by atoms with Crippen LogP contribution in [0.3, 0.4) is 0 Å². The Bertz CT molecular complexity index is 1430. The zero-order valence-corrected chi connectivity index (χ0v) is 22.3. The van der Waals surface area contributed by atoms with Crippen LogP contribution in [0.15, 0.2) is 36.7 Å². The highest BCUT2D eigenvalue weighted by molar-refractivity contribution is 6.34. The number of benzene rings is 2. The summed E-state index contributed by atoms with van der Waals surface area (Å²) in [5, 5.41) is 10.4. The van der Waals surface area contributed by atoms with E-state index in [0.717, 1.165) is 19.2 Å². The van der Waals surface area contributed by atoms with Crippen LogP contribution in [0, 0.1) is 11.6 Å². The van der Waals surface area contributed by atoms with Crippen molar-refractivity contribution in [2.24, 2.45) is 0 Å². The first kappa shape index (κ1) is 27.9. The molecule has 1 aromatic heterocycles. The zero-order valence-electron chi connectivity index (χ0n) is 21.5. The van der Waals surface area contributed by atoms with Gasteiger partial charge in [0, 0.05) is 56.8 Å². The number of hydrogen-bond acceptors (Lipinski definition) is 8. The van der Waals surface area contributed by atoms with E-state index < -0.39 is 29.1 Å². The lowest BCUT2D eigenvalue weighted by molar-refractivity contribution is -0.128. The van der Waals surface area contributed by atoms with Gasteiger partial charge in [-0.05, 0) is 18.2 Å². The normalized spacial score (nSPS) is 16.4. The summed E-state index contributed by atoms with van der Waals surface area (Å²) in [6, 6.07) is 4.93. The maximum Gasteiger partial charge on any atom is 0.319 e. The predicted octanol–water partition coefficient (Wildman–Crippen LogP) is 3.78. The monoisotopic (exact) mass is 577 g/mol. The molecule has 212 valence electrons. The highest BCUT2D eigenvalue weighted by Crippen LogP contribution is 2.42. The number of fused-ring (bicyclic) bond motifs is 1. The van der Waals surface area contributed by atoms with E-state index in [2.05, 4.69) is 21.4 Å². The molecule has 2 aromatic carbocycles. The number of hydrogen-bond donors (Lipinski definition) is 1. The van der Waals surface area contributed by atoms with Crippen molar-refractivity contribution >= 4 is 34.2 Å². The zero-order chi connectivity index (χ0) is 28.4. The van der Waals surface area contributed by atoms with Crippen LogP contribution in [0.4, 0.5) is 19.0 Å². The van der Waals surface area contributed by atoms with Crippen molar-refractivity contribution in [1.29, 1.82) is 0 Å². The van der Waals surface area contributed by atoms with E-state index >= 15 is 4.39 Å². The molecule has 0 radical (unpaired) electrons. The minimum atomic E-state index is -1.05. The van der Waals surface area contributed by atoms with Crippen LogP contribution in [0.5, 0.6) is 11.8 Å². The van der Waals surface area contributed by atoms with Crippen molar-refractivity contribution in [3.8, 4) is 22.9 Å². The number of phenols is 1. The Kier molecular flexibility index (Phi) is 8.29. The number of amides is 1. The minimum Gasteiger partial charge on any atom is -0.507 e. The van der Waals surface area contributed by atoms with Crippen LogP contribution < -0.4 is 9.64 Å². The molecule has 2 aliphatic heterocycles. The molecular weight excluding hydrogens is 551 g/mol. The second-order valence-corrected chi connectivity index (χ2v) is 9.80. The van der Waals surface area contributed by atoms with E-state index in [4.69, 9.17) is 21.1 Å². The third kappa shape index (κ3) is 5.65. The van der Waals surface area contributed by atoms with Crippen LogP contribution in [0.2, 0.25) is 5.02 Å². The van der Waals surface area contributed by atoms with E-state index in [9.17, 15) is 18.7 Å². The Morgan fingerprint density at radius 2 is 1.82 bits per heavy atom. The summed E-state index contributed by atoms with van der Waals surface area (Å²) in [5.41, 5.74) is -0.907. The smallest absolute Gasteiger partial charge is 0.319 e. The van der Waals surface area contributed by atoms with Crippen molar-refractivity contribution in [3.05, 3.63) is 53.3 Å². The highest BCUT2D eigenvalue weighted by atomic mass is 35.5. The summed E-state index contributed by atoms with van der Waals surface area (Å²) in [6.45, 7) is 7.49. The van der Waals surface area contributed by atoms with Gasteiger partial charge >= 0.3 is 6.01 Å². The van der Waals surface area contributed by atoms with Crippen LogP contribution in [-0.4, -0.2) is 96.4 Å². The molecule has 5 rings (SSSR count). The summed E-state index contributed by atoms with van der Waals surface area (Å²) in [7, 11) is 0. The predicted molar refractivity (Wildman–Crippen MR) is 143 cm³/mol. The number of ether oxygens (including phenoxy) is 2. The fourth-order valence-corrected chi connectivity index (χ4v) is 5.13. The molecule has 2 saturated heterocycles. The van der Waals surface area contributed by atoms with Gasteiger partial charge in [-0.1, -0.05) is 24.2 Å². The summed E-state index contributed by atoms with van der Waals surface area (Å²) >= 11 is 6.46. The maximum absolute atomic E-state index is 16.1. The largest absolute Gasteiger partial charge is 0.507 e. The number of carbonyl (C=O) groups is 1. The Hall–Kier alpha value is -3.61. The summed E-state index contributed by atoms with van der Waals surface area (Å²) in [4.78, 5) is 26.1. The van der Waals surface area contributed by atoms with Crippen molar-refractivity contribution in [1.82, 2.24) is 19.8 Å². The molecule has 1 amide bonds. The molecule has 9 nitrogen and oxygen atoms in total. The Morgan fingerprint density at radius 1 is 1.10 bits per heavy atom. The average Bonchev–Trinajstić information content (AvgIpc) is 2.95. The van der Waals surface area contributed by atoms with Gasteiger partial charge in [-0.15, -0.1) is 0 Å². The van der Waals surface area contributed by atoms with Gasteiger partial charge in [0.05, 0.1) is 23.8 Å². The molecule has 0 spiro atoms. The van der Waals surface area contributed by atoms with Crippen molar-refractivity contribution in [2.75, 3.05) is 70.5 Å². The lowest BCUT2D eigenvalue weighted by Crippen LogP contribution is -2.49. The molecule has 3 heterocycles. The van der Waals surface area contributed by atoms with E-state index in [1.54, 1.807) is 4.90 Å². The second kappa shape index (κ2) is 11.9. The third-order valence-corrected chi connectivity index (χ3v) is 7.22. The molecule has 40 heavy (non-hydrogen) atoms. The third-order valence-electron chi connectivity index (χ3n) is 6.92.